The number of rotatable bonds is 11. The lowest BCUT2D eigenvalue weighted by atomic mass is 9.93. The zero-order valence-corrected chi connectivity index (χ0v) is 32.7. The number of urea groups is 1. The van der Waals surface area contributed by atoms with E-state index in [2.05, 4.69) is 10.8 Å². The molecule has 2 atom stereocenters. The Hall–Kier alpha value is -4.48. The fourth-order valence-corrected chi connectivity index (χ4v) is 8.41. The zero-order chi connectivity index (χ0) is 38.5. The number of amidine groups is 1. The van der Waals surface area contributed by atoms with Gasteiger partial charge in [0.2, 0.25) is 15.9 Å². The summed E-state index contributed by atoms with van der Waals surface area (Å²) in [5.41, 5.74) is 1.79. The first kappa shape index (κ1) is 39.7. The molecule has 53 heavy (non-hydrogen) atoms. The minimum Gasteiger partial charge on any atom is -0.493 e. The van der Waals surface area contributed by atoms with Crippen LogP contribution in [-0.4, -0.2) is 104 Å². The summed E-state index contributed by atoms with van der Waals surface area (Å²) in [6.45, 7) is 11.4. The molecule has 1 fully saturated rings. The monoisotopic (exact) mass is 761 g/mol. The van der Waals surface area contributed by atoms with Gasteiger partial charge in [-0.25, -0.2) is 17.9 Å². The van der Waals surface area contributed by atoms with Crippen LogP contribution in [0.5, 0.6) is 5.75 Å². The predicted molar refractivity (Wildman–Crippen MR) is 205 cm³/mol. The number of nitrogens with one attached hydrogen (secondary N) is 1. The van der Waals surface area contributed by atoms with Crippen molar-refractivity contribution in [3.05, 3.63) is 94.0 Å². The van der Waals surface area contributed by atoms with Gasteiger partial charge >= 0.3 is 6.03 Å². The Bertz CT molecular complexity index is 1970. The number of nitrogens with zero attached hydrogens (tertiary/aromatic N) is 6. The molecule has 12 nitrogen and oxygen atoms in total. The smallest absolute Gasteiger partial charge is 0.326 e. The molecule has 1 N–H and O–H groups in total. The second-order valence-electron chi connectivity index (χ2n) is 14.3. The van der Waals surface area contributed by atoms with E-state index in [4.69, 9.17) is 26.6 Å². The number of ether oxygens (including phenoxy) is 1. The number of aliphatic imine (C=N–C) groups is 1. The van der Waals surface area contributed by atoms with Gasteiger partial charge in [0.25, 0.3) is 0 Å². The van der Waals surface area contributed by atoms with Crippen molar-refractivity contribution in [2.75, 3.05) is 52.9 Å². The molecular formula is C39H48ClN7O5S. The van der Waals surface area contributed by atoms with E-state index in [0.717, 1.165) is 11.1 Å². The van der Waals surface area contributed by atoms with Crippen LogP contribution in [0.2, 0.25) is 5.02 Å². The van der Waals surface area contributed by atoms with Gasteiger partial charge in [0, 0.05) is 50.3 Å². The van der Waals surface area contributed by atoms with Crippen molar-refractivity contribution in [2.24, 2.45) is 4.99 Å². The summed E-state index contributed by atoms with van der Waals surface area (Å²) >= 11 is 6.31. The first-order valence-electron chi connectivity index (χ1n) is 17.7. The maximum atomic E-state index is 15.0. The number of carbonyl (C=O) groups excluding carboxylic acids is 2. The Balaban J connectivity index is 1.60. The number of halogens is 1. The third kappa shape index (κ3) is 9.37. The molecule has 0 spiro atoms. The number of piperazine rings is 1. The van der Waals surface area contributed by atoms with Crippen LogP contribution in [0.3, 0.4) is 0 Å². The Kier molecular flexibility index (Phi) is 12.5. The van der Waals surface area contributed by atoms with Crippen molar-refractivity contribution < 1.29 is 22.7 Å². The van der Waals surface area contributed by atoms with Crippen LogP contribution >= 0.6 is 11.6 Å². The van der Waals surface area contributed by atoms with Gasteiger partial charge in [-0.05, 0) is 75.6 Å². The lowest BCUT2D eigenvalue weighted by Crippen LogP contribution is -2.55. The number of likely N-dealkylation sites (N-methyl/N-ethyl adjacent to an activating group) is 1. The van der Waals surface area contributed by atoms with Crippen LogP contribution < -0.4 is 9.46 Å². The molecule has 282 valence electrons. The summed E-state index contributed by atoms with van der Waals surface area (Å²) < 4.78 is 36.6. The van der Waals surface area contributed by atoms with Gasteiger partial charge in [-0.3, -0.25) is 19.6 Å². The summed E-state index contributed by atoms with van der Waals surface area (Å²) in [5, 5.41) is 9.48. The predicted octanol–water partition coefficient (Wildman–Crippen LogP) is 5.78. The maximum absolute atomic E-state index is 15.0. The number of hydrogen-bond acceptors (Lipinski definition) is 8. The molecule has 0 radical (unpaired) electrons. The average Bonchev–Trinajstić information content (AvgIpc) is 3.50. The molecule has 0 bridgehead atoms. The number of hydrogen-bond donors (Lipinski definition) is 1. The number of benzene rings is 3. The van der Waals surface area contributed by atoms with E-state index >= 15 is 4.79 Å². The molecule has 5 rings (SSSR count). The van der Waals surface area contributed by atoms with Gasteiger partial charge in [-0.2, -0.15) is 5.26 Å². The number of amides is 3. The van der Waals surface area contributed by atoms with Gasteiger partial charge in [0.1, 0.15) is 17.6 Å². The molecule has 3 aromatic rings. The van der Waals surface area contributed by atoms with Crippen molar-refractivity contribution in [3.8, 4) is 11.8 Å². The first-order valence-corrected chi connectivity index (χ1v) is 19.6. The summed E-state index contributed by atoms with van der Waals surface area (Å²) in [7, 11) is -2.31. The van der Waals surface area contributed by atoms with Crippen molar-refractivity contribution in [1.29, 1.82) is 5.26 Å². The maximum Gasteiger partial charge on any atom is 0.326 e. The SMILES string of the molecule is CCOc1cc(C)c(S(=O)(=O)NC(C)(C)C)cc1C1=N[C@@H](c2ccc(Cl)cc2)[C@@H](c2ccccc2)N1C(=O)N1CCN(CC(=O)N(C)CCC#N)CC1. The van der Waals surface area contributed by atoms with Gasteiger partial charge in [0.15, 0.2) is 0 Å². The topological polar surface area (TPSA) is 139 Å². The van der Waals surface area contributed by atoms with Crippen molar-refractivity contribution >= 4 is 39.4 Å². The van der Waals surface area contributed by atoms with E-state index in [9.17, 15) is 13.2 Å². The third-order valence-electron chi connectivity index (χ3n) is 9.16. The quantitative estimate of drug-likeness (QED) is 0.262. The molecule has 0 unspecified atom stereocenters. The van der Waals surface area contributed by atoms with Gasteiger partial charge < -0.3 is 14.5 Å². The van der Waals surface area contributed by atoms with Crippen LogP contribution in [0.1, 0.15) is 68.5 Å². The highest BCUT2D eigenvalue weighted by Crippen LogP contribution is 2.46. The van der Waals surface area contributed by atoms with Crippen molar-refractivity contribution in [3.63, 3.8) is 0 Å². The number of nitriles is 1. The highest BCUT2D eigenvalue weighted by atomic mass is 35.5. The lowest BCUT2D eigenvalue weighted by Gasteiger charge is -2.39. The summed E-state index contributed by atoms with van der Waals surface area (Å²) in [5.74, 6) is 0.610. The van der Waals surface area contributed by atoms with Crippen LogP contribution in [0.25, 0.3) is 0 Å². The standard InChI is InChI=1S/C39H48ClN7O5S/c1-7-52-32-24-27(2)33(53(50,51)43-39(3,4)5)25-31(32)37-42-35(28-14-16-30(40)17-15-28)36(29-12-9-8-10-13-29)47(37)38(49)46-22-20-45(21-23-46)26-34(48)44(6)19-11-18-41/h8-10,12-17,24-25,35-36,43H,7,11,19-23,26H2,1-6H3/t35-,36+/m0/s1. The fraction of sp³-hybridized carbons (Fsp3) is 0.436. The minimum absolute atomic E-state index is 0.0604. The summed E-state index contributed by atoms with van der Waals surface area (Å²) in [6.07, 6.45) is 0.260. The molecule has 2 heterocycles. The second kappa shape index (κ2) is 16.7. The van der Waals surface area contributed by atoms with Crippen LogP contribution in [-0.2, 0) is 14.8 Å². The van der Waals surface area contributed by atoms with E-state index in [1.165, 1.54) is 0 Å². The number of carbonyl (C=O) groups is 2. The molecular weight excluding hydrogens is 714 g/mol. The van der Waals surface area contributed by atoms with Crippen LogP contribution in [0.15, 0.2) is 76.6 Å². The molecule has 3 aromatic carbocycles. The summed E-state index contributed by atoms with van der Waals surface area (Å²) in [6, 6.07) is 20.9. The molecule has 0 aliphatic carbocycles. The highest BCUT2D eigenvalue weighted by molar-refractivity contribution is 7.89. The molecule has 1 saturated heterocycles. The van der Waals surface area contributed by atoms with E-state index in [-0.39, 0.29) is 35.6 Å². The third-order valence-corrected chi connectivity index (χ3v) is 11.3. The first-order chi connectivity index (χ1) is 25.1. The summed E-state index contributed by atoms with van der Waals surface area (Å²) in [4.78, 5) is 40.1. The molecule has 0 aromatic heterocycles. The highest BCUT2D eigenvalue weighted by Gasteiger charge is 2.45. The second-order valence-corrected chi connectivity index (χ2v) is 16.4. The average molecular weight is 762 g/mol. The van der Waals surface area contributed by atoms with Crippen LogP contribution in [0.4, 0.5) is 4.79 Å². The lowest BCUT2D eigenvalue weighted by molar-refractivity contribution is -0.131. The number of aryl methyl sites for hydroxylation is 1. The fourth-order valence-electron chi connectivity index (χ4n) is 6.61. The van der Waals surface area contributed by atoms with Gasteiger partial charge in [0.05, 0.1) is 42.1 Å². The Labute approximate surface area is 318 Å². The molecule has 2 aliphatic heterocycles. The molecule has 14 heteroatoms. The van der Waals surface area contributed by atoms with E-state index in [1.807, 2.05) is 54.3 Å². The Morgan fingerprint density at radius 1 is 1.04 bits per heavy atom. The minimum atomic E-state index is -4.00. The molecule has 0 saturated carbocycles. The van der Waals surface area contributed by atoms with Crippen molar-refractivity contribution in [1.82, 2.24) is 24.3 Å². The van der Waals surface area contributed by atoms with Crippen molar-refractivity contribution in [2.45, 2.75) is 63.6 Å². The Morgan fingerprint density at radius 3 is 2.30 bits per heavy atom. The molecule has 2 aliphatic rings. The number of sulfonamides is 1. The largest absolute Gasteiger partial charge is 0.493 e. The molecule has 3 amide bonds. The van der Waals surface area contributed by atoms with Gasteiger partial charge in [-0.15, -0.1) is 0 Å². The van der Waals surface area contributed by atoms with E-state index < -0.39 is 27.6 Å². The normalized spacial score (nSPS) is 18.0. The Morgan fingerprint density at radius 2 is 1.70 bits per heavy atom. The van der Waals surface area contributed by atoms with E-state index in [0.29, 0.717) is 61.2 Å². The van der Waals surface area contributed by atoms with Crippen LogP contribution in [0, 0.1) is 18.3 Å². The van der Waals surface area contributed by atoms with E-state index in [1.54, 1.807) is 73.7 Å². The zero-order valence-electron chi connectivity index (χ0n) is 31.2. The van der Waals surface area contributed by atoms with Gasteiger partial charge in [-0.1, -0.05) is 54.1 Å².